The minimum Gasteiger partial charge on any atom is -0.335 e. The summed E-state index contributed by atoms with van der Waals surface area (Å²) in [5.41, 5.74) is 3.01. The highest BCUT2D eigenvalue weighted by Crippen LogP contribution is 2.16. The maximum absolute atomic E-state index is 13.3. The molecule has 0 bridgehead atoms. The van der Waals surface area contributed by atoms with Crippen molar-refractivity contribution >= 4 is 6.03 Å². The van der Waals surface area contributed by atoms with E-state index in [0.717, 1.165) is 43.1 Å². The number of halogens is 2. The van der Waals surface area contributed by atoms with Gasteiger partial charge in [0.2, 0.25) is 0 Å². The number of likely N-dealkylation sites (tertiary alicyclic amines) is 1. The van der Waals surface area contributed by atoms with Gasteiger partial charge in [-0.05, 0) is 43.0 Å². The summed E-state index contributed by atoms with van der Waals surface area (Å²) in [6.07, 6.45) is 1.67. The van der Waals surface area contributed by atoms with Crippen LogP contribution in [0.25, 0.3) is 0 Å². The van der Waals surface area contributed by atoms with Crippen LogP contribution in [-0.4, -0.2) is 30.1 Å². The van der Waals surface area contributed by atoms with Gasteiger partial charge >= 0.3 is 6.03 Å². The van der Waals surface area contributed by atoms with Crippen LogP contribution in [0.3, 0.4) is 0 Å². The standard InChI is InChI=1S/C21H25F2N3O/c1-15-3-2-4-16(11-15)13-24-21(27)25-18-7-9-26(10-8-18)14-17-5-6-19(22)20(23)12-17/h2-6,11-12,18H,7-10,13-14H2,1H3,(H2,24,25,27). The van der Waals surface area contributed by atoms with Crippen LogP contribution < -0.4 is 10.6 Å². The second-order valence-corrected chi connectivity index (χ2v) is 7.11. The van der Waals surface area contributed by atoms with Crippen LogP contribution in [0.4, 0.5) is 13.6 Å². The van der Waals surface area contributed by atoms with Crippen LogP contribution in [0.1, 0.15) is 29.5 Å². The van der Waals surface area contributed by atoms with Crippen molar-refractivity contribution in [2.75, 3.05) is 13.1 Å². The summed E-state index contributed by atoms with van der Waals surface area (Å²) >= 11 is 0. The fourth-order valence-corrected chi connectivity index (χ4v) is 3.37. The molecular weight excluding hydrogens is 348 g/mol. The number of hydrogen-bond acceptors (Lipinski definition) is 2. The van der Waals surface area contributed by atoms with E-state index in [0.29, 0.717) is 13.1 Å². The molecule has 0 aliphatic carbocycles. The smallest absolute Gasteiger partial charge is 0.315 e. The van der Waals surface area contributed by atoms with Crippen LogP contribution in [0.15, 0.2) is 42.5 Å². The van der Waals surface area contributed by atoms with E-state index in [2.05, 4.69) is 21.6 Å². The average molecular weight is 373 g/mol. The van der Waals surface area contributed by atoms with Gasteiger partial charge in [0, 0.05) is 32.2 Å². The summed E-state index contributed by atoms with van der Waals surface area (Å²) in [6, 6.07) is 12.0. The minimum atomic E-state index is -0.821. The highest BCUT2D eigenvalue weighted by Gasteiger charge is 2.21. The molecule has 2 aromatic rings. The normalized spacial score (nSPS) is 15.5. The quantitative estimate of drug-likeness (QED) is 0.839. The molecule has 0 aromatic heterocycles. The number of piperidine rings is 1. The van der Waals surface area contributed by atoms with Crippen LogP contribution in [-0.2, 0) is 13.1 Å². The maximum Gasteiger partial charge on any atom is 0.315 e. The third kappa shape index (κ3) is 5.76. The zero-order chi connectivity index (χ0) is 19.2. The van der Waals surface area contributed by atoms with Gasteiger partial charge in [0.05, 0.1) is 0 Å². The Hall–Kier alpha value is -2.47. The fourth-order valence-electron chi connectivity index (χ4n) is 3.37. The van der Waals surface area contributed by atoms with Crippen LogP contribution in [0, 0.1) is 18.6 Å². The Morgan fingerprint density at radius 2 is 1.85 bits per heavy atom. The molecule has 1 fully saturated rings. The lowest BCUT2D eigenvalue weighted by Crippen LogP contribution is -2.47. The predicted molar refractivity (Wildman–Crippen MR) is 101 cm³/mol. The number of aryl methyl sites for hydroxylation is 1. The van der Waals surface area contributed by atoms with E-state index >= 15 is 0 Å². The molecule has 3 rings (SSSR count). The second kappa shape index (κ2) is 8.95. The van der Waals surface area contributed by atoms with Gasteiger partial charge in [0.25, 0.3) is 0 Å². The van der Waals surface area contributed by atoms with Gasteiger partial charge in [0.15, 0.2) is 11.6 Å². The number of carbonyl (C=O) groups excluding carboxylic acids is 1. The molecule has 2 N–H and O–H groups in total. The van der Waals surface area contributed by atoms with Gasteiger partial charge in [-0.25, -0.2) is 13.6 Å². The van der Waals surface area contributed by atoms with Gasteiger partial charge in [-0.3, -0.25) is 4.90 Å². The van der Waals surface area contributed by atoms with Crippen molar-refractivity contribution in [1.82, 2.24) is 15.5 Å². The molecule has 27 heavy (non-hydrogen) atoms. The first kappa shape index (κ1) is 19.3. The molecule has 0 spiro atoms. The van der Waals surface area contributed by atoms with Crippen molar-refractivity contribution in [3.63, 3.8) is 0 Å². The monoisotopic (exact) mass is 373 g/mol. The first-order valence-corrected chi connectivity index (χ1v) is 9.26. The zero-order valence-corrected chi connectivity index (χ0v) is 15.5. The third-order valence-electron chi connectivity index (χ3n) is 4.85. The van der Waals surface area contributed by atoms with Crippen molar-refractivity contribution in [1.29, 1.82) is 0 Å². The van der Waals surface area contributed by atoms with E-state index in [1.165, 1.54) is 11.6 Å². The number of hydrogen-bond donors (Lipinski definition) is 2. The first-order chi connectivity index (χ1) is 13.0. The minimum absolute atomic E-state index is 0.128. The average Bonchev–Trinajstić information content (AvgIpc) is 2.65. The van der Waals surface area contributed by atoms with Gasteiger partial charge < -0.3 is 10.6 Å². The van der Waals surface area contributed by atoms with Crippen molar-refractivity contribution in [3.8, 4) is 0 Å². The Morgan fingerprint density at radius 3 is 2.56 bits per heavy atom. The molecule has 144 valence electrons. The lowest BCUT2D eigenvalue weighted by Gasteiger charge is -2.32. The van der Waals surface area contributed by atoms with Gasteiger partial charge in [-0.15, -0.1) is 0 Å². The summed E-state index contributed by atoms with van der Waals surface area (Å²) in [5, 5.41) is 5.91. The molecular formula is C21H25F2N3O. The Balaban J connectivity index is 1.39. The van der Waals surface area contributed by atoms with Crippen LogP contribution in [0.5, 0.6) is 0 Å². The molecule has 1 saturated heterocycles. The van der Waals surface area contributed by atoms with E-state index in [9.17, 15) is 13.6 Å². The number of amides is 2. The van der Waals surface area contributed by atoms with E-state index in [4.69, 9.17) is 0 Å². The number of benzene rings is 2. The van der Waals surface area contributed by atoms with E-state index in [-0.39, 0.29) is 12.1 Å². The van der Waals surface area contributed by atoms with Crippen molar-refractivity contribution in [2.24, 2.45) is 0 Å². The third-order valence-corrected chi connectivity index (χ3v) is 4.85. The van der Waals surface area contributed by atoms with Crippen molar-refractivity contribution < 1.29 is 13.6 Å². The fraction of sp³-hybridized carbons (Fsp3) is 0.381. The van der Waals surface area contributed by atoms with E-state index < -0.39 is 11.6 Å². The highest BCUT2D eigenvalue weighted by molar-refractivity contribution is 5.74. The predicted octanol–water partition coefficient (Wildman–Crippen LogP) is 3.74. The maximum atomic E-state index is 13.3. The molecule has 0 radical (unpaired) electrons. The molecule has 1 aliphatic heterocycles. The molecule has 0 saturated carbocycles. The van der Waals surface area contributed by atoms with E-state index in [1.807, 2.05) is 25.1 Å². The SMILES string of the molecule is Cc1cccc(CNC(=O)NC2CCN(Cc3ccc(F)c(F)c3)CC2)c1. The number of rotatable bonds is 5. The molecule has 1 aliphatic rings. The Labute approximate surface area is 158 Å². The second-order valence-electron chi connectivity index (χ2n) is 7.11. The van der Waals surface area contributed by atoms with Gasteiger partial charge in [0.1, 0.15) is 0 Å². The topological polar surface area (TPSA) is 44.4 Å². The van der Waals surface area contributed by atoms with Crippen molar-refractivity contribution in [3.05, 3.63) is 70.8 Å². The summed E-state index contributed by atoms with van der Waals surface area (Å²) in [7, 11) is 0. The Kier molecular flexibility index (Phi) is 6.40. The molecule has 1 heterocycles. The molecule has 0 unspecified atom stereocenters. The largest absolute Gasteiger partial charge is 0.335 e. The first-order valence-electron chi connectivity index (χ1n) is 9.26. The number of urea groups is 1. The van der Waals surface area contributed by atoms with Crippen molar-refractivity contribution in [2.45, 2.75) is 38.9 Å². The molecule has 2 aromatic carbocycles. The summed E-state index contributed by atoms with van der Waals surface area (Å²) < 4.78 is 26.3. The molecule has 4 nitrogen and oxygen atoms in total. The Morgan fingerprint density at radius 1 is 1.07 bits per heavy atom. The lowest BCUT2D eigenvalue weighted by molar-refractivity contribution is 0.186. The lowest BCUT2D eigenvalue weighted by atomic mass is 10.0. The summed E-state index contributed by atoms with van der Waals surface area (Å²) in [4.78, 5) is 14.3. The number of nitrogens with one attached hydrogen (secondary N) is 2. The van der Waals surface area contributed by atoms with Gasteiger partial charge in [-0.1, -0.05) is 35.9 Å². The van der Waals surface area contributed by atoms with Gasteiger partial charge in [-0.2, -0.15) is 0 Å². The molecule has 6 heteroatoms. The van der Waals surface area contributed by atoms with Crippen LogP contribution in [0.2, 0.25) is 0 Å². The Bertz CT molecular complexity index is 789. The molecule has 2 amide bonds. The summed E-state index contributed by atoms with van der Waals surface area (Å²) in [6.45, 7) is 4.73. The number of carbonyl (C=O) groups is 1. The van der Waals surface area contributed by atoms with E-state index in [1.54, 1.807) is 6.07 Å². The summed E-state index contributed by atoms with van der Waals surface area (Å²) in [5.74, 6) is -1.63. The highest BCUT2D eigenvalue weighted by atomic mass is 19.2. The van der Waals surface area contributed by atoms with Crippen LogP contribution >= 0.6 is 0 Å². The molecule has 0 atom stereocenters. The zero-order valence-electron chi connectivity index (χ0n) is 15.5. The number of nitrogens with zero attached hydrogens (tertiary/aromatic N) is 1.